The minimum Gasteiger partial charge on any atom is -0.497 e. The Balaban J connectivity index is 1.50. The van der Waals surface area contributed by atoms with Crippen LogP contribution in [0.25, 0.3) is 16.9 Å². The third-order valence-corrected chi connectivity index (χ3v) is 5.55. The maximum atomic E-state index is 13.4. The maximum absolute atomic E-state index is 13.4. The van der Waals surface area contributed by atoms with Crippen molar-refractivity contribution in [2.24, 2.45) is 0 Å². The zero-order valence-corrected chi connectivity index (χ0v) is 20.1. The Kier molecular flexibility index (Phi) is 7.63. The monoisotopic (exact) mass is 533 g/mol. The van der Waals surface area contributed by atoms with Crippen LogP contribution in [-0.4, -0.2) is 40.9 Å². The van der Waals surface area contributed by atoms with Gasteiger partial charge in [0, 0.05) is 31.0 Å². The second-order valence-electron chi connectivity index (χ2n) is 7.78. The molecule has 2 heterocycles. The highest BCUT2D eigenvalue weighted by Gasteiger charge is 2.31. The van der Waals surface area contributed by atoms with Gasteiger partial charge in [0.1, 0.15) is 23.1 Å². The number of nitrogens with zero attached hydrogens (tertiary/aromatic N) is 3. The van der Waals surface area contributed by atoms with Gasteiger partial charge in [-0.25, -0.2) is 14.1 Å². The first kappa shape index (κ1) is 26.0. The summed E-state index contributed by atoms with van der Waals surface area (Å²) >= 11 is 5.90. The number of hydrogen-bond acceptors (Lipinski definition) is 5. The predicted molar refractivity (Wildman–Crippen MR) is 131 cm³/mol. The number of methoxy groups -OCH3 is 1. The van der Waals surface area contributed by atoms with E-state index in [-0.39, 0.29) is 29.5 Å². The Hall–Kier alpha value is -4.12. The molecule has 0 aliphatic rings. The number of alkyl halides is 3. The van der Waals surface area contributed by atoms with Gasteiger partial charge in [-0.2, -0.15) is 18.3 Å². The predicted octanol–water partition coefficient (Wildman–Crippen LogP) is 5.60. The number of hydrogen-bond donors (Lipinski definition) is 2. The molecule has 4 rings (SSSR count). The first-order valence-electron chi connectivity index (χ1n) is 10.9. The normalized spacial score (nSPS) is 11.3. The molecule has 7 nitrogen and oxygen atoms in total. The Morgan fingerprint density at radius 3 is 2.54 bits per heavy atom. The van der Waals surface area contributed by atoms with Gasteiger partial charge in [-0.3, -0.25) is 4.79 Å². The van der Waals surface area contributed by atoms with Crippen molar-refractivity contribution in [3.8, 4) is 22.7 Å². The summed E-state index contributed by atoms with van der Waals surface area (Å²) in [6.07, 6.45) is -2.35. The van der Waals surface area contributed by atoms with Gasteiger partial charge in [-0.1, -0.05) is 23.7 Å². The van der Waals surface area contributed by atoms with E-state index >= 15 is 0 Å². The highest BCUT2D eigenvalue weighted by atomic mass is 35.5. The van der Waals surface area contributed by atoms with Gasteiger partial charge in [0.05, 0.1) is 28.9 Å². The number of carbonyl (C=O) groups excluding carboxylic acids is 1. The number of anilines is 1. The van der Waals surface area contributed by atoms with Crippen LogP contribution in [0.1, 0.15) is 15.9 Å². The zero-order valence-electron chi connectivity index (χ0n) is 19.3. The van der Waals surface area contributed by atoms with Crippen LogP contribution in [0.3, 0.4) is 0 Å². The van der Waals surface area contributed by atoms with Crippen LogP contribution < -0.4 is 15.4 Å². The number of aromatic nitrogens is 3. The minimum absolute atomic E-state index is 0.0603. The number of carbonyl (C=O) groups is 1. The van der Waals surface area contributed by atoms with Crippen molar-refractivity contribution in [1.82, 2.24) is 20.1 Å². The van der Waals surface area contributed by atoms with Gasteiger partial charge in [0.25, 0.3) is 5.91 Å². The van der Waals surface area contributed by atoms with E-state index in [1.54, 1.807) is 24.3 Å². The molecule has 0 unspecified atom stereocenters. The maximum Gasteiger partial charge on any atom is 0.417 e. The number of amides is 1. The molecule has 2 aromatic heterocycles. The van der Waals surface area contributed by atoms with Crippen LogP contribution in [0.2, 0.25) is 5.02 Å². The lowest BCUT2D eigenvalue weighted by Gasteiger charge is -2.11. The van der Waals surface area contributed by atoms with Crippen molar-refractivity contribution < 1.29 is 27.1 Å². The summed E-state index contributed by atoms with van der Waals surface area (Å²) in [5.41, 5.74) is 0.850. The zero-order chi connectivity index (χ0) is 26.6. The van der Waals surface area contributed by atoms with E-state index in [4.69, 9.17) is 16.3 Å². The second kappa shape index (κ2) is 10.9. The number of rotatable bonds is 8. The molecule has 0 spiro atoms. The first-order chi connectivity index (χ1) is 17.7. The van der Waals surface area contributed by atoms with Gasteiger partial charge < -0.3 is 15.4 Å². The van der Waals surface area contributed by atoms with Crippen LogP contribution in [-0.2, 0) is 6.18 Å². The lowest BCUT2D eigenvalue weighted by molar-refractivity contribution is -0.137. The van der Waals surface area contributed by atoms with Gasteiger partial charge in [-0.05, 0) is 42.5 Å². The molecule has 192 valence electrons. The summed E-state index contributed by atoms with van der Waals surface area (Å²) in [5.74, 6) is -0.216. The summed E-state index contributed by atoms with van der Waals surface area (Å²) < 4.78 is 58.5. The molecule has 0 aliphatic heterocycles. The van der Waals surface area contributed by atoms with Crippen LogP contribution in [0, 0.1) is 5.82 Å². The Bertz CT molecular complexity index is 1410. The molecular formula is C25H20ClF4N5O2. The van der Waals surface area contributed by atoms with E-state index < -0.39 is 23.5 Å². The lowest BCUT2D eigenvalue weighted by atomic mass is 10.1. The van der Waals surface area contributed by atoms with E-state index in [1.807, 2.05) is 0 Å². The number of halogens is 5. The number of ether oxygens (including phenoxy) is 1. The van der Waals surface area contributed by atoms with Crippen molar-refractivity contribution in [1.29, 1.82) is 0 Å². The molecule has 1 amide bonds. The molecule has 0 fully saturated rings. The first-order valence-corrected chi connectivity index (χ1v) is 11.3. The average molecular weight is 534 g/mol. The molecule has 12 heteroatoms. The van der Waals surface area contributed by atoms with Gasteiger partial charge in [0.2, 0.25) is 0 Å². The molecule has 2 aromatic carbocycles. The highest BCUT2D eigenvalue weighted by molar-refractivity contribution is 6.33. The Morgan fingerprint density at radius 2 is 1.86 bits per heavy atom. The quantitative estimate of drug-likeness (QED) is 0.228. The largest absolute Gasteiger partial charge is 0.497 e. The fourth-order valence-corrected chi connectivity index (χ4v) is 3.66. The third-order valence-electron chi connectivity index (χ3n) is 5.26. The lowest BCUT2D eigenvalue weighted by Crippen LogP contribution is -2.29. The van der Waals surface area contributed by atoms with E-state index in [0.29, 0.717) is 28.9 Å². The summed E-state index contributed by atoms with van der Waals surface area (Å²) in [6.45, 7) is 0.252. The minimum atomic E-state index is -4.55. The molecule has 0 atom stereocenters. The Labute approximate surface area is 214 Å². The van der Waals surface area contributed by atoms with E-state index in [9.17, 15) is 22.4 Å². The number of benzene rings is 2. The molecule has 0 bridgehead atoms. The number of pyridine rings is 1. The summed E-state index contributed by atoms with van der Waals surface area (Å²) in [4.78, 5) is 16.8. The van der Waals surface area contributed by atoms with E-state index in [1.165, 1.54) is 42.3 Å². The Morgan fingerprint density at radius 1 is 1.11 bits per heavy atom. The molecule has 0 radical (unpaired) electrons. The van der Waals surface area contributed by atoms with Gasteiger partial charge in [-0.15, -0.1) is 0 Å². The summed E-state index contributed by atoms with van der Waals surface area (Å²) in [7, 11) is 1.52. The van der Waals surface area contributed by atoms with Crippen molar-refractivity contribution >= 4 is 23.3 Å². The number of nitrogens with one attached hydrogen (secondary N) is 2. The third kappa shape index (κ3) is 6.18. The molecule has 2 N–H and O–H groups in total. The SMILES string of the molecule is COc1cccc(-c2nn(-c3ccc(F)cc3)cc2C(=O)NCCNc2ncc(C(F)(F)F)cc2Cl)c1. The highest BCUT2D eigenvalue weighted by Crippen LogP contribution is 2.32. The smallest absolute Gasteiger partial charge is 0.417 e. The molecule has 4 aromatic rings. The van der Waals surface area contributed by atoms with Crippen molar-refractivity contribution in [2.45, 2.75) is 6.18 Å². The fourth-order valence-electron chi connectivity index (χ4n) is 3.42. The van der Waals surface area contributed by atoms with E-state index in [0.717, 1.165) is 6.07 Å². The van der Waals surface area contributed by atoms with Crippen molar-refractivity contribution in [2.75, 3.05) is 25.5 Å². The molecule has 0 saturated heterocycles. The molecule has 37 heavy (non-hydrogen) atoms. The molecular weight excluding hydrogens is 514 g/mol. The summed E-state index contributed by atoms with van der Waals surface area (Å²) in [6, 6.07) is 13.4. The topological polar surface area (TPSA) is 81.1 Å². The second-order valence-corrected chi connectivity index (χ2v) is 8.19. The van der Waals surface area contributed by atoms with Crippen molar-refractivity contribution in [3.05, 3.63) is 89.0 Å². The van der Waals surface area contributed by atoms with E-state index in [2.05, 4.69) is 20.7 Å². The van der Waals surface area contributed by atoms with Gasteiger partial charge in [0.15, 0.2) is 0 Å². The van der Waals surface area contributed by atoms with Crippen LogP contribution in [0.15, 0.2) is 67.0 Å². The van der Waals surface area contributed by atoms with Crippen molar-refractivity contribution in [3.63, 3.8) is 0 Å². The average Bonchev–Trinajstić information content (AvgIpc) is 3.33. The summed E-state index contributed by atoms with van der Waals surface area (Å²) in [5, 5.41) is 9.88. The van der Waals surface area contributed by atoms with Crippen LogP contribution in [0.4, 0.5) is 23.4 Å². The molecule has 0 aliphatic carbocycles. The van der Waals surface area contributed by atoms with Crippen LogP contribution >= 0.6 is 11.6 Å². The molecule has 0 saturated carbocycles. The van der Waals surface area contributed by atoms with Gasteiger partial charge >= 0.3 is 6.18 Å². The fraction of sp³-hybridized carbons (Fsp3) is 0.160. The van der Waals surface area contributed by atoms with Crippen LogP contribution in [0.5, 0.6) is 5.75 Å². The standard InChI is InChI=1S/C25H20ClF4N5O2/c1-37-19-4-2-3-15(11-19)22-20(14-35(34-22)18-7-5-17(27)6-8-18)24(36)32-10-9-31-23-21(26)12-16(13-33-23)25(28,29)30/h2-8,11-14H,9-10H2,1H3,(H,31,33)(H,32,36).